The molecule has 1 aliphatic heterocycles. The van der Waals surface area contributed by atoms with E-state index in [4.69, 9.17) is 0 Å². The first kappa shape index (κ1) is 21.9. The number of hydrogen-bond donors (Lipinski definition) is 2. The van der Waals surface area contributed by atoms with Crippen LogP contribution >= 0.6 is 0 Å². The third-order valence-corrected chi connectivity index (χ3v) is 6.30. The molecule has 0 atom stereocenters. The second kappa shape index (κ2) is 10.3. The molecule has 2 heterocycles. The van der Waals surface area contributed by atoms with E-state index in [0.717, 1.165) is 0 Å². The fourth-order valence-electron chi connectivity index (χ4n) is 4.48. The molecule has 1 saturated carbocycles. The molecule has 0 unspecified atom stereocenters. The molecule has 2 N–H and O–H groups in total. The lowest BCUT2D eigenvalue weighted by molar-refractivity contribution is -0.133. The average Bonchev–Trinajstić information content (AvgIpc) is 3.33. The van der Waals surface area contributed by atoms with Gasteiger partial charge in [-0.15, -0.1) is 0 Å². The Labute approximate surface area is 187 Å². The lowest BCUT2D eigenvalue weighted by atomic mass is 10.0. The molecule has 2 aliphatic rings. The van der Waals surface area contributed by atoms with Gasteiger partial charge >= 0.3 is 0 Å². The topological polar surface area (TPSA) is 104 Å². The maximum absolute atomic E-state index is 12.9. The molecule has 0 spiro atoms. The summed E-state index contributed by atoms with van der Waals surface area (Å²) in [6, 6.07) is 8.69. The van der Waals surface area contributed by atoms with Crippen LogP contribution in [0, 0.1) is 5.92 Å². The lowest BCUT2D eigenvalue weighted by Crippen LogP contribution is -2.47. The predicted molar refractivity (Wildman–Crippen MR) is 120 cm³/mol. The van der Waals surface area contributed by atoms with Crippen LogP contribution in [0.2, 0.25) is 0 Å². The van der Waals surface area contributed by atoms with Crippen molar-refractivity contribution in [3.63, 3.8) is 0 Å². The minimum absolute atomic E-state index is 0.0438. The smallest absolute Gasteiger partial charge is 0.273 e. The van der Waals surface area contributed by atoms with Crippen LogP contribution < -0.4 is 10.6 Å². The van der Waals surface area contributed by atoms with E-state index in [9.17, 15) is 14.4 Å². The fraction of sp³-hybridized carbons (Fsp3) is 0.458. The summed E-state index contributed by atoms with van der Waals surface area (Å²) in [5.74, 6) is 0.178. The van der Waals surface area contributed by atoms with Gasteiger partial charge in [0.05, 0.1) is 0 Å². The van der Waals surface area contributed by atoms with Gasteiger partial charge in [-0.05, 0) is 43.7 Å². The van der Waals surface area contributed by atoms with Crippen LogP contribution in [0.1, 0.15) is 65.8 Å². The Morgan fingerprint density at radius 3 is 2.31 bits per heavy atom. The molecule has 0 radical (unpaired) electrons. The van der Waals surface area contributed by atoms with Gasteiger partial charge < -0.3 is 15.5 Å². The Bertz CT molecular complexity index is 951. The highest BCUT2D eigenvalue weighted by Gasteiger charge is 2.27. The van der Waals surface area contributed by atoms with Crippen molar-refractivity contribution in [2.24, 2.45) is 5.92 Å². The number of benzene rings is 1. The number of rotatable bonds is 6. The SMILES string of the molecule is O=C(Nc1nccnc1C(=O)NC1CCN(C(=O)CC2CCCC2)CC1)c1ccccc1. The standard InChI is InChI=1S/C24H29N5O3/c30-20(16-17-6-4-5-7-17)29-14-10-19(11-15-29)27-24(32)21-22(26-13-12-25-21)28-23(31)18-8-2-1-3-9-18/h1-3,8-9,12-13,17,19H,4-7,10-11,14-16H2,(H,27,32)(H,26,28,31). The van der Waals surface area contributed by atoms with Crippen LogP contribution in [0.15, 0.2) is 42.7 Å². The largest absolute Gasteiger partial charge is 0.348 e. The van der Waals surface area contributed by atoms with Crippen LogP contribution in [0.25, 0.3) is 0 Å². The summed E-state index contributed by atoms with van der Waals surface area (Å²) < 4.78 is 0. The maximum atomic E-state index is 12.9. The monoisotopic (exact) mass is 435 g/mol. The van der Waals surface area contributed by atoms with Crippen LogP contribution in [-0.2, 0) is 4.79 Å². The number of nitrogens with one attached hydrogen (secondary N) is 2. The molecular formula is C24H29N5O3. The summed E-state index contributed by atoms with van der Waals surface area (Å²) in [5, 5.41) is 5.67. The molecule has 8 heteroatoms. The van der Waals surface area contributed by atoms with Crippen molar-refractivity contribution in [1.29, 1.82) is 0 Å². The van der Waals surface area contributed by atoms with E-state index < -0.39 is 0 Å². The number of aromatic nitrogens is 2. The highest BCUT2D eigenvalue weighted by molar-refractivity contribution is 6.07. The molecular weight excluding hydrogens is 406 g/mol. The third kappa shape index (κ3) is 5.49. The van der Waals surface area contributed by atoms with E-state index in [2.05, 4.69) is 20.6 Å². The van der Waals surface area contributed by atoms with Gasteiger partial charge in [-0.25, -0.2) is 9.97 Å². The zero-order valence-corrected chi connectivity index (χ0v) is 18.1. The molecule has 32 heavy (non-hydrogen) atoms. The lowest BCUT2D eigenvalue weighted by Gasteiger charge is -2.33. The summed E-state index contributed by atoms with van der Waals surface area (Å²) in [6.45, 7) is 1.29. The molecule has 4 rings (SSSR count). The quantitative estimate of drug-likeness (QED) is 0.726. The molecule has 168 valence electrons. The number of carbonyl (C=O) groups excluding carboxylic acids is 3. The molecule has 3 amide bonds. The van der Waals surface area contributed by atoms with E-state index in [0.29, 0.717) is 43.8 Å². The van der Waals surface area contributed by atoms with Gasteiger partial charge in [-0.1, -0.05) is 31.0 Å². The summed E-state index contributed by atoms with van der Waals surface area (Å²) in [6.07, 6.45) is 9.73. The van der Waals surface area contributed by atoms with Gasteiger partial charge in [-0.3, -0.25) is 14.4 Å². The van der Waals surface area contributed by atoms with Crippen molar-refractivity contribution in [2.75, 3.05) is 18.4 Å². The summed E-state index contributed by atoms with van der Waals surface area (Å²) >= 11 is 0. The number of carbonyl (C=O) groups is 3. The van der Waals surface area contributed by atoms with Gasteiger partial charge in [0.1, 0.15) is 0 Å². The first-order chi connectivity index (χ1) is 15.6. The zero-order valence-electron chi connectivity index (χ0n) is 18.1. The van der Waals surface area contributed by atoms with Gasteiger partial charge in [0.15, 0.2) is 11.5 Å². The van der Waals surface area contributed by atoms with Crippen LogP contribution in [0.3, 0.4) is 0 Å². The van der Waals surface area contributed by atoms with Crippen molar-refractivity contribution >= 4 is 23.5 Å². The Morgan fingerprint density at radius 2 is 1.59 bits per heavy atom. The Morgan fingerprint density at radius 1 is 0.906 bits per heavy atom. The number of hydrogen-bond acceptors (Lipinski definition) is 5. The second-order valence-electron chi connectivity index (χ2n) is 8.56. The molecule has 2 fully saturated rings. The van der Waals surface area contributed by atoms with Crippen LogP contribution in [0.5, 0.6) is 0 Å². The number of amides is 3. The number of nitrogens with zero attached hydrogens (tertiary/aromatic N) is 3. The summed E-state index contributed by atoms with van der Waals surface area (Å²) in [4.78, 5) is 48.1. The molecule has 1 aromatic heterocycles. The van der Waals surface area contributed by atoms with E-state index in [1.165, 1.54) is 38.1 Å². The molecule has 2 aromatic rings. The van der Waals surface area contributed by atoms with Crippen molar-refractivity contribution in [3.05, 3.63) is 54.0 Å². The first-order valence-electron chi connectivity index (χ1n) is 11.4. The molecule has 1 saturated heterocycles. The van der Waals surface area contributed by atoms with Crippen molar-refractivity contribution in [1.82, 2.24) is 20.2 Å². The molecule has 1 aromatic carbocycles. The summed E-state index contributed by atoms with van der Waals surface area (Å²) in [7, 11) is 0. The highest BCUT2D eigenvalue weighted by Crippen LogP contribution is 2.28. The van der Waals surface area contributed by atoms with Gasteiger partial charge in [0.25, 0.3) is 11.8 Å². The van der Waals surface area contributed by atoms with Gasteiger partial charge in [0, 0.05) is 43.5 Å². The molecule has 0 bridgehead atoms. The predicted octanol–water partition coefficient (Wildman–Crippen LogP) is 3.03. The number of anilines is 1. The minimum Gasteiger partial charge on any atom is -0.348 e. The fourth-order valence-corrected chi connectivity index (χ4v) is 4.48. The van der Waals surface area contributed by atoms with Gasteiger partial charge in [0.2, 0.25) is 5.91 Å². The van der Waals surface area contributed by atoms with E-state index in [1.54, 1.807) is 24.3 Å². The Hall–Kier alpha value is -3.29. The van der Waals surface area contributed by atoms with E-state index in [1.807, 2.05) is 11.0 Å². The third-order valence-electron chi connectivity index (χ3n) is 6.30. The Kier molecular flexibility index (Phi) is 7.09. The van der Waals surface area contributed by atoms with Crippen LogP contribution in [-0.4, -0.2) is 51.7 Å². The van der Waals surface area contributed by atoms with Gasteiger partial charge in [-0.2, -0.15) is 0 Å². The number of piperidine rings is 1. The highest BCUT2D eigenvalue weighted by atomic mass is 16.2. The maximum Gasteiger partial charge on any atom is 0.273 e. The van der Waals surface area contributed by atoms with Crippen molar-refractivity contribution in [2.45, 2.75) is 51.0 Å². The average molecular weight is 436 g/mol. The van der Waals surface area contributed by atoms with Crippen molar-refractivity contribution < 1.29 is 14.4 Å². The normalized spacial score (nSPS) is 17.2. The number of likely N-dealkylation sites (tertiary alicyclic amines) is 1. The minimum atomic E-state index is -0.378. The van der Waals surface area contributed by atoms with Crippen LogP contribution in [0.4, 0.5) is 5.82 Å². The van der Waals surface area contributed by atoms with E-state index >= 15 is 0 Å². The van der Waals surface area contributed by atoms with E-state index in [-0.39, 0.29) is 35.3 Å². The Balaban J connectivity index is 1.31. The summed E-state index contributed by atoms with van der Waals surface area (Å²) in [5.41, 5.74) is 0.552. The molecule has 1 aliphatic carbocycles. The second-order valence-corrected chi connectivity index (χ2v) is 8.56. The van der Waals surface area contributed by atoms with Crippen molar-refractivity contribution in [3.8, 4) is 0 Å². The molecule has 8 nitrogen and oxygen atoms in total. The first-order valence-corrected chi connectivity index (χ1v) is 11.4. The zero-order chi connectivity index (χ0) is 22.3.